The number of hydrogen-bond donors (Lipinski definition) is 1. The van der Waals surface area contributed by atoms with Gasteiger partial charge in [-0.15, -0.1) is 10.2 Å². The van der Waals surface area contributed by atoms with Crippen molar-refractivity contribution in [3.8, 4) is 10.6 Å². The van der Waals surface area contributed by atoms with Gasteiger partial charge >= 0.3 is 0 Å². The van der Waals surface area contributed by atoms with Crippen LogP contribution in [0.25, 0.3) is 10.6 Å². The van der Waals surface area contributed by atoms with Gasteiger partial charge in [-0.2, -0.15) is 0 Å². The van der Waals surface area contributed by atoms with Crippen LogP contribution in [0.3, 0.4) is 0 Å². The van der Waals surface area contributed by atoms with Gasteiger partial charge in [0.2, 0.25) is 11.0 Å². The highest BCUT2D eigenvalue weighted by Crippen LogP contribution is 2.28. The Morgan fingerprint density at radius 3 is 2.72 bits per heavy atom. The Labute approximate surface area is 185 Å². The maximum absolute atomic E-state index is 12.8. The van der Waals surface area contributed by atoms with E-state index in [0.717, 1.165) is 16.5 Å². The van der Waals surface area contributed by atoms with E-state index in [2.05, 4.69) is 31.4 Å². The molecule has 1 N–H and O–H groups in total. The number of halogens is 2. The number of amides is 2. The molecule has 0 aliphatic carbocycles. The summed E-state index contributed by atoms with van der Waals surface area (Å²) in [6.45, 7) is 0.531. The molecule has 1 fully saturated rings. The monoisotopic (exact) mass is 490 g/mol. The largest absolute Gasteiger partial charge is 0.327 e. The average molecular weight is 492 g/mol. The van der Waals surface area contributed by atoms with Crippen LogP contribution in [0.1, 0.15) is 23.2 Å². The molecule has 1 atom stereocenters. The van der Waals surface area contributed by atoms with Crippen LogP contribution in [0.5, 0.6) is 0 Å². The molecule has 2 heterocycles. The molecule has 148 valence electrons. The molecule has 0 bridgehead atoms. The highest BCUT2D eigenvalue weighted by atomic mass is 79.9. The van der Waals surface area contributed by atoms with Crippen molar-refractivity contribution in [3.63, 3.8) is 0 Å². The van der Waals surface area contributed by atoms with Crippen molar-refractivity contribution in [1.29, 1.82) is 0 Å². The summed E-state index contributed by atoms with van der Waals surface area (Å²) in [5.74, 6) is -0.450. The highest BCUT2D eigenvalue weighted by molar-refractivity contribution is 9.10. The standard InChI is InChI=1S/C20H16BrClN4O2S/c21-14-8-6-12(7-9-14)18-24-25-20(29-18)23-17(27)16-5-2-10-26(16)19(28)13-3-1-4-15(22)11-13/h1,3-4,6-9,11,16H,2,5,10H2,(H,23,25,27). The first kappa shape index (κ1) is 20.0. The molecule has 1 aliphatic rings. The third-order valence-electron chi connectivity index (χ3n) is 4.63. The van der Waals surface area contributed by atoms with Gasteiger partial charge in [0.1, 0.15) is 11.0 Å². The summed E-state index contributed by atoms with van der Waals surface area (Å²) in [7, 11) is 0. The van der Waals surface area contributed by atoms with Crippen molar-refractivity contribution < 1.29 is 9.59 Å². The van der Waals surface area contributed by atoms with E-state index in [1.165, 1.54) is 11.3 Å². The third kappa shape index (κ3) is 4.49. The third-order valence-corrected chi connectivity index (χ3v) is 6.29. The molecule has 2 amide bonds. The molecular weight excluding hydrogens is 476 g/mol. The van der Waals surface area contributed by atoms with Crippen LogP contribution in [0, 0.1) is 0 Å². The van der Waals surface area contributed by atoms with Crippen molar-refractivity contribution in [2.24, 2.45) is 0 Å². The van der Waals surface area contributed by atoms with Crippen LogP contribution in [-0.4, -0.2) is 39.5 Å². The van der Waals surface area contributed by atoms with Crippen LogP contribution >= 0.6 is 38.9 Å². The van der Waals surface area contributed by atoms with Gasteiger partial charge in [0.15, 0.2) is 0 Å². The number of likely N-dealkylation sites (tertiary alicyclic amines) is 1. The molecule has 0 radical (unpaired) electrons. The summed E-state index contributed by atoms with van der Waals surface area (Å²) in [6, 6.07) is 13.9. The fraction of sp³-hybridized carbons (Fsp3) is 0.200. The molecule has 1 unspecified atom stereocenters. The van der Waals surface area contributed by atoms with E-state index in [-0.39, 0.29) is 11.8 Å². The first-order valence-corrected chi connectivity index (χ1v) is 11.0. The summed E-state index contributed by atoms with van der Waals surface area (Å²) in [5.41, 5.74) is 1.40. The molecule has 29 heavy (non-hydrogen) atoms. The van der Waals surface area contributed by atoms with E-state index in [4.69, 9.17) is 11.6 Å². The maximum Gasteiger partial charge on any atom is 0.254 e. The van der Waals surface area contributed by atoms with Gasteiger partial charge in [0.05, 0.1) is 0 Å². The molecule has 1 aliphatic heterocycles. The lowest BCUT2D eigenvalue weighted by molar-refractivity contribution is -0.119. The van der Waals surface area contributed by atoms with E-state index in [9.17, 15) is 9.59 Å². The molecule has 6 nitrogen and oxygen atoms in total. The van der Waals surface area contributed by atoms with Crippen molar-refractivity contribution >= 4 is 55.8 Å². The van der Waals surface area contributed by atoms with Crippen LogP contribution < -0.4 is 5.32 Å². The fourth-order valence-corrected chi connectivity index (χ4v) is 4.45. The zero-order chi connectivity index (χ0) is 20.4. The summed E-state index contributed by atoms with van der Waals surface area (Å²) in [5, 5.41) is 12.6. The lowest BCUT2D eigenvalue weighted by Gasteiger charge is -2.23. The van der Waals surface area contributed by atoms with Crippen LogP contribution in [0.15, 0.2) is 53.0 Å². The Balaban J connectivity index is 1.46. The van der Waals surface area contributed by atoms with Crippen LogP contribution in [-0.2, 0) is 4.79 Å². The number of hydrogen-bond acceptors (Lipinski definition) is 5. The normalized spacial score (nSPS) is 16.1. The number of aromatic nitrogens is 2. The summed E-state index contributed by atoms with van der Waals surface area (Å²) in [4.78, 5) is 27.3. The highest BCUT2D eigenvalue weighted by Gasteiger charge is 2.35. The maximum atomic E-state index is 12.8. The molecule has 0 saturated carbocycles. The Kier molecular flexibility index (Phi) is 5.94. The van der Waals surface area contributed by atoms with Crippen LogP contribution in [0.2, 0.25) is 5.02 Å². The summed E-state index contributed by atoms with van der Waals surface area (Å²) < 4.78 is 0.977. The predicted molar refractivity (Wildman–Crippen MR) is 117 cm³/mol. The second kappa shape index (κ2) is 8.61. The lowest BCUT2D eigenvalue weighted by Crippen LogP contribution is -2.43. The van der Waals surface area contributed by atoms with E-state index in [1.807, 2.05) is 24.3 Å². The SMILES string of the molecule is O=C(Nc1nnc(-c2ccc(Br)cc2)s1)C1CCCN1C(=O)c1cccc(Cl)c1. The Hall–Kier alpha value is -2.29. The van der Waals surface area contributed by atoms with Gasteiger partial charge in [-0.1, -0.05) is 57.1 Å². The summed E-state index contributed by atoms with van der Waals surface area (Å²) in [6.07, 6.45) is 1.38. The van der Waals surface area contributed by atoms with Gasteiger partial charge in [0, 0.05) is 27.2 Å². The molecule has 1 aromatic heterocycles. The number of carbonyl (C=O) groups is 2. The first-order valence-electron chi connectivity index (χ1n) is 8.98. The number of rotatable bonds is 4. The van der Waals surface area contributed by atoms with E-state index in [1.54, 1.807) is 29.2 Å². The topological polar surface area (TPSA) is 75.2 Å². The van der Waals surface area contributed by atoms with Crippen molar-refractivity contribution in [3.05, 3.63) is 63.6 Å². The Morgan fingerprint density at radius 1 is 1.17 bits per heavy atom. The number of nitrogens with one attached hydrogen (secondary N) is 1. The molecule has 0 spiro atoms. The Morgan fingerprint density at radius 2 is 1.97 bits per heavy atom. The van der Waals surface area contributed by atoms with E-state index < -0.39 is 6.04 Å². The van der Waals surface area contributed by atoms with E-state index >= 15 is 0 Å². The Bertz CT molecular complexity index is 1060. The molecule has 9 heteroatoms. The second-order valence-electron chi connectivity index (χ2n) is 6.58. The van der Waals surface area contributed by atoms with Gasteiger partial charge in [0.25, 0.3) is 5.91 Å². The fourth-order valence-electron chi connectivity index (χ4n) is 3.24. The molecule has 3 aromatic rings. The smallest absolute Gasteiger partial charge is 0.254 e. The average Bonchev–Trinajstić information content (AvgIpc) is 3.38. The van der Waals surface area contributed by atoms with Crippen molar-refractivity contribution in [2.75, 3.05) is 11.9 Å². The predicted octanol–water partition coefficient (Wildman–Crippen LogP) is 4.86. The quantitative estimate of drug-likeness (QED) is 0.565. The number of carbonyl (C=O) groups excluding carboxylic acids is 2. The van der Waals surface area contributed by atoms with Crippen molar-refractivity contribution in [2.45, 2.75) is 18.9 Å². The first-order chi connectivity index (χ1) is 14.0. The van der Waals surface area contributed by atoms with E-state index in [0.29, 0.717) is 33.7 Å². The minimum Gasteiger partial charge on any atom is -0.327 e. The molecular formula is C20H16BrClN4O2S. The summed E-state index contributed by atoms with van der Waals surface area (Å²) >= 11 is 10.7. The molecule has 1 saturated heterocycles. The zero-order valence-corrected chi connectivity index (χ0v) is 18.3. The van der Waals surface area contributed by atoms with Crippen LogP contribution in [0.4, 0.5) is 5.13 Å². The van der Waals surface area contributed by atoms with Gasteiger partial charge in [-0.05, 0) is 43.2 Å². The van der Waals surface area contributed by atoms with Crippen molar-refractivity contribution in [1.82, 2.24) is 15.1 Å². The van der Waals surface area contributed by atoms with Gasteiger partial charge < -0.3 is 4.90 Å². The minimum atomic E-state index is -0.540. The van der Waals surface area contributed by atoms with Gasteiger partial charge in [-0.25, -0.2) is 0 Å². The minimum absolute atomic E-state index is 0.196. The molecule has 2 aromatic carbocycles. The number of benzene rings is 2. The zero-order valence-electron chi connectivity index (χ0n) is 15.1. The lowest BCUT2D eigenvalue weighted by atomic mass is 10.1. The van der Waals surface area contributed by atoms with Gasteiger partial charge in [-0.3, -0.25) is 14.9 Å². The molecule has 4 rings (SSSR count). The number of anilines is 1. The number of nitrogens with zero attached hydrogens (tertiary/aromatic N) is 3. The second-order valence-corrected chi connectivity index (χ2v) is 8.91.